The Bertz CT molecular complexity index is 1540. The maximum absolute atomic E-state index is 15.0. The molecule has 0 aromatic heterocycles. The highest BCUT2D eigenvalue weighted by atomic mass is 16.2. The minimum absolute atomic E-state index is 0.0489. The maximum Gasteiger partial charge on any atom is 0.246 e. The number of hydrogen-bond acceptors (Lipinski definition) is 2. The van der Waals surface area contributed by atoms with E-state index in [2.05, 4.69) is 54.6 Å². The second-order valence-corrected chi connectivity index (χ2v) is 10.7. The average molecular weight is 468 g/mol. The van der Waals surface area contributed by atoms with Crippen molar-refractivity contribution in [3.63, 3.8) is 0 Å². The first-order valence-electron chi connectivity index (χ1n) is 12.9. The fourth-order valence-corrected chi connectivity index (χ4v) is 8.26. The predicted octanol–water partition coefficient (Wildman–Crippen LogP) is 5.82. The van der Waals surface area contributed by atoms with Gasteiger partial charge in [-0.05, 0) is 57.7 Å². The van der Waals surface area contributed by atoms with Crippen LogP contribution in [0.1, 0.15) is 63.6 Å². The summed E-state index contributed by atoms with van der Waals surface area (Å²) in [6.07, 6.45) is 1.58. The summed E-state index contributed by atoms with van der Waals surface area (Å²) < 4.78 is 0. The Hall–Kier alpha value is -3.98. The van der Waals surface area contributed by atoms with E-state index in [-0.39, 0.29) is 23.7 Å². The number of rotatable bonds is 2. The third kappa shape index (κ3) is 2.09. The van der Waals surface area contributed by atoms with Crippen molar-refractivity contribution in [2.24, 2.45) is 0 Å². The summed E-state index contributed by atoms with van der Waals surface area (Å²) in [5, 5.41) is 0. The zero-order chi connectivity index (χ0) is 24.1. The second-order valence-electron chi connectivity index (χ2n) is 10.7. The van der Waals surface area contributed by atoms with Gasteiger partial charge >= 0.3 is 0 Å². The lowest BCUT2D eigenvalue weighted by atomic mass is 9.43. The third-order valence-corrected chi connectivity index (χ3v) is 9.45. The van der Waals surface area contributed by atoms with Gasteiger partial charge in [0.1, 0.15) is 5.41 Å². The molecular weight excluding hydrogens is 442 g/mol. The summed E-state index contributed by atoms with van der Waals surface area (Å²) in [6, 6.07) is 35.3. The normalized spacial score (nSPS) is 28.7. The van der Waals surface area contributed by atoms with Crippen molar-refractivity contribution in [3.8, 4) is 0 Å². The van der Waals surface area contributed by atoms with Crippen LogP contribution in [0.2, 0.25) is 0 Å². The van der Waals surface area contributed by atoms with E-state index in [0.717, 1.165) is 28.7 Å². The molecule has 4 aliphatic carbocycles. The summed E-state index contributed by atoms with van der Waals surface area (Å²) in [4.78, 5) is 31.5. The molecule has 2 unspecified atom stereocenters. The van der Waals surface area contributed by atoms with Crippen molar-refractivity contribution in [2.45, 2.75) is 42.1 Å². The molecule has 1 aliphatic heterocycles. The van der Waals surface area contributed by atoms with E-state index in [1.54, 1.807) is 4.90 Å². The summed E-state index contributed by atoms with van der Waals surface area (Å²) >= 11 is 0. The van der Waals surface area contributed by atoms with E-state index in [1.165, 1.54) is 16.7 Å². The van der Waals surface area contributed by atoms with Gasteiger partial charge in [-0.15, -0.1) is 0 Å². The molecule has 0 radical (unpaired) electrons. The zero-order valence-electron chi connectivity index (χ0n) is 19.9. The van der Waals surface area contributed by atoms with E-state index < -0.39 is 10.8 Å². The Balaban J connectivity index is 1.53. The number of imide groups is 1. The molecule has 0 N–H and O–H groups in total. The molecule has 2 atom stereocenters. The molecule has 1 heterocycles. The van der Waals surface area contributed by atoms with Crippen molar-refractivity contribution < 1.29 is 9.59 Å². The number of hydrogen-bond donors (Lipinski definition) is 0. The number of benzene rings is 4. The Morgan fingerprint density at radius 2 is 1.19 bits per heavy atom. The Kier molecular flexibility index (Phi) is 3.83. The molecular formula is C33H25NO2. The van der Waals surface area contributed by atoms with Crippen LogP contribution in [0.25, 0.3) is 0 Å². The van der Waals surface area contributed by atoms with E-state index in [9.17, 15) is 4.79 Å². The minimum Gasteiger partial charge on any atom is -0.276 e. The molecule has 1 fully saturated rings. The topological polar surface area (TPSA) is 37.4 Å². The van der Waals surface area contributed by atoms with Crippen molar-refractivity contribution in [1.29, 1.82) is 0 Å². The van der Waals surface area contributed by atoms with Crippen LogP contribution in [0.5, 0.6) is 0 Å². The maximum atomic E-state index is 15.0. The standard InChI is InChI=1S/C33H25NO2/c35-30-32-19-18-23(22-12-4-7-15-26(22)32)29-24-13-5-8-16-27(24)33(32,28-17-9-6-14-25(28)29)31(36)34(30)20-21-10-2-1-3-11-21/h1-17,23,29H,18-20H2. The van der Waals surface area contributed by atoms with Gasteiger partial charge in [0.25, 0.3) is 0 Å². The Morgan fingerprint density at radius 3 is 1.86 bits per heavy atom. The molecule has 3 heteroatoms. The number of likely N-dealkylation sites (tertiary alicyclic amines) is 1. The molecule has 5 aliphatic rings. The molecule has 1 saturated heterocycles. The monoisotopic (exact) mass is 467 g/mol. The zero-order valence-corrected chi connectivity index (χ0v) is 19.9. The highest BCUT2D eigenvalue weighted by molar-refractivity contribution is 6.18. The molecule has 0 saturated carbocycles. The van der Waals surface area contributed by atoms with E-state index in [0.29, 0.717) is 13.0 Å². The SMILES string of the molecule is O=C1N(Cc2ccccc2)C(=O)C23c4ccccc4C(c4ccccc42)C2CCC13c1ccccc12. The van der Waals surface area contributed by atoms with Gasteiger partial charge in [0, 0.05) is 5.92 Å². The Morgan fingerprint density at radius 1 is 0.639 bits per heavy atom. The van der Waals surface area contributed by atoms with E-state index in [4.69, 9.17) is 0 Å². The molecule has 3 nitrogen and oxygen atoms in total. The number of nitrogens with zero attached hydrogens (tertiary/aromatic N) is 1. The van der Waals surface area contributed by atoms with Gasteiger partial charge < -0.3 is 0 Å². The van der Waals surface area contributed by atoms with Crippen molar-refractivity contribution in [2.75, 3.05) is 0 Å². The molecule has 36 heavy (non-hydrogen) atoms. The van der Waals surface area contributed by atoms with Crippen LogP contribution in [0.4, 0.5) is 0 Å². The third-order valence-electron chi connectivity index (χ3n) is 9.45. The van der Waals surface area contributed by atoms with Crippen LogP contribution in [0.15, 0.2) is 103 Å². The van der Waals surface area contributed by atoms with Crippen LogP contribution in [0.3, 0.4) is 0 Å². The van der Waals surface area contributed by atoms with Gasteiger partial charge in [0.15, 0.2) is 0 Å². The average Bonchev–Trinajstić information content (AvgIpc) is 3.08. The second kappa shape index (κ2) is 6.82. The Labute approximate surface area is 210 Å². The molecule has 4 aromatic carbocycles. The summed E-state index contributed by atoms with van der Waals surface area (Å²) in [7, 11) is 0. The fourth-order valence-electron chi connectivity index (χ4n) is 8.26. The van der Waals surface area contributed by atoms with E-state index in [1.807, 2.05) is 48.5 Å². The van der Waals surface area contributed by atoms with Gasteiger partial charge in [-0.1, -0.05) is 103 Å². The van der Waals surface area contributed by atoms with Gasteiger partial charge in [-0.3, -0.25) is 14.5 Å². The van der Waals surface area contributed by atoms with Gasteiger partial charge in [-0.25, -0.2) is 0 Å². The lowest BCUT2D eigenvalue weighted by Crippen LogP contribution is -2.59. The first kappa shape index (κ1) is 20.2. The summed E-state index contributed by atoms with van der Waals surface area (Å²) in [5.74, 6) is 0.323. The van der Waals surface area contributed by atoms with Crippen LogP contribution in [-0.4, -0.2) is 16.7 Å². The van der Waals surface area contributed by atoms with Crippen LogP contribution >= 0.6 is 0 Å². The van der Waals surface area contributed by atoms with Crippen LogP contribution in [0, 0.1) is 0 Å². The van der Waals surface area contributed by atoms with Crippen molar-refractivity contribution in [1.82, 2.24) is 4.90 Å². The minimum atomic E-state index is -1.07. The largest absolute Gasteiger partial charge is 0.276 e. The first-order valence-corrected chi connectivity index (χ1v) is 12.9. The number of carbonyl (C=O) groups is 2. The molecule has 4 bridgehead atoms. The van der Waals surface area contributed by atoms with Crippen molar-refractivity contribution >= 4 is 11.8 Å². The first-order chi connectivity index (χ1) is 17.7. The van der Waals surface area contributed by atoms with Crippen molar-refractivity contribution in [3.05, 3.63) is 142 Å². The summed E-state index contributed by atoms with van der Waals surface area (Å²) in [6.45, 7) is 0.293. The highest BCUT2D eigenvalue weighted by Crippen LogP contribution is 2.70. The molecule has 2 amide bonds. The van der Waals surface area contributed by atoms with Gasteiger partial charge in [0.2, 0.25) is 11.8 Å². The van der Waals surface area contributed by atoms with Crippen LogP contribution < -0.4 is 0 Å². The molecule has 174 valence electrons. The van der Waals surface area contributed by atoms with Gasteiger partial charge in [0.05, 0.1) is 12.0 Å². The van der Waals surface area contributed by atoms with E-state index >= 15 is 4.79 Å². The van der Waals surface area contributed by atoms with Crippen LogP contribution in [-0.2, 0) is 27.0 Å². The molecule has 2 spiro atoms. The fraction of sp³-hybridized carbons (Fsp3) is 0.212. The lowest BCUT2D eigenvalue weighted by molar-refractivity contribution is -0.141. The smallest absolute Gasteiger partial charge is 0.246 e. The summed E-state index contributed by atoms with van der Waals surface area (Å²) in [5.41, 5.74) is 5.73. The molecule has 4 aromatic rings. The highest BCUT2D eigenvalue weighted by Gasteiger charge is 2.75. The number of amides is 2. The van der Waals surface area contributed by atoms with Gasteiger partial charge in [-0.2, -0.15) is 0 Å². The predicted molar refractivity (Wildman–Crippen MR) is 138 cm³/mol. The quantitative estimate of drug-likeness (QED) is 0.349. The lowest BCUT2D eigenvalue weighted by Gasteiger charge is -2.56. The molecule has 9 rings (SSSR count). The number of carbonyl (C=O) groups excluding carboxylic acids is 2.